The minimum Gasteiger partial charge on any atom is -0.337 e. The monoisotopic (exact) mass is 406 g/mol. The van der Waals surface area contributed by atoms with Gasteiger partial charge < -0.3 is 4.90 Å². The predicted molar refractivity (Wildman–Crippen MR) is 102 cm³/mol. The number of piperazine rings is 1. The van der Waals surface area contributed by atoms with E-state index < -0.39 is 26.6 Å². The fourth-order valence-corrected chi connectivity index (χ4v) is 4.51. The first-order valence-electron chi connectivity index (χ1n) is 8.76. The van der Waals surface area contributed by atoms with Gasteiger partial charge in [-0.05, 0) is 36.8 Å². The van der Waals surface area contributed by atoms with Crippen LogP contribution >= 0.6 is 0 Å². The van der Waals surface area contributed by atoms with Crippen molar-refractivity contribution in [2.75, 3.05) is 26.2 Å². The minimum absolute atomic E-state index is 0.0162. The molecular formula is C20H20F2N2O3S. The van der Waals surface area contributed by atoms with E-state index in [9.17, 15) is 22.0 Å². The first kappa shape index (κ1) is 20.2. The first-order valence-corrected chi connectivity index (χ1v) is 10.2. The van der Waals surface area contributed by atoms with Crippen molar-refractivity contribution in [2.24, 2.45) is 0 Å². The molecule has 5 nitrogen and oxygen atoms in total. The van der Waals surface area contributed by atoms with E-state index in [4.69, 9.17) is 0 Å². The Morgan fingerprint density at radius 2 is 1.75 bits per heavy atom. The average Bonchev–Trinajstić information content (AvgIpc) is 2.68. The minimum atomic E-state index is -4.16. The van der Waals surface area contributed by atoms with Crippen LogP contribution in [0, 0.1) is 18.6 Å². The van der Waals surface area contributed by atoms with E-state index in [1.54, 1.807) is 6.08 Å². The molecule has 0 atom stereocenters. The molecule has 0 saturated carbocycles. The van der Waals surface area contributed by atoms with Crippen molar-refractivity contribution < 1.29 is 22.0 Å². The van der Waals surface area contributed by atoms with Gasteiger partial charge in [-0.25, -0.2) is 17.2 Å². The lowest BCUT2D eigenvalue weighted by Gasteiger charge is -2.33. The van der Waals surface area contributed by atoms with E-state index in [0.717, 1.165) is 27.6 Å². The van der Waals surface area contributed by atoms with Crippen molar-refractivity contribution in [1.82, 2.24) is 9.21 Å². The number of carbonyl (C=O) groups is 1. The van der Waals surface area contributed by atoms with E-state index in [0.29, 0.717) is 6.07 Å². The normalized spacial score (nSPS) is 15.9. The zero-order valence-corrected chi connectivity index (χ0v) is 16.1. The van der Waals surface area contributed by atoms with Gasteiger partial charge >= 0.3 is 0 Å². The number of hydrogen-bond donors (Lipinski definition) is 0. The van der Waals surface area contributed by atoms with Crippen molar-refractivity contribution in [3.8, 4) is 0 Å². The summed E-state index contributed by atoms with van der Waals surface area (Å²) in [4.78, 5) is 13.2. The number of benzene rings is 2. The Balaban J connectivity index is 1.65. The Kier molecular flexibility index (Phi) is 5.90. The molecule has 0 bridgehead atoms. The van der Waals surface area contributed by atoms with Crippen molar-refractivity contribution in [3.63, 3.8) is 0 Å². The van der Waals surface area contributed by atoms with Crippen LogP contribution < -0.4 is 0 Å². The number of nitrogens with zero attached hydrogens (tertiary/aromatic N) is 2. The fraction of sp³-hybridized carbons (Fsp3) is 0.250. The number of halogens is 2. The van der Waals surface area contributed by atoms with Gasteiger partial charge in [0.1, 0.15) is 16.5 Å². The highest BCUT2D eigenvalue weighted by Gasteiger charge is 2.31. The van der Waals surface area contributed by atoms with Gasteiger partial charge in [-0.2, -0.15) is 4.31 Å². The second-order valence-corrected chi connectivity index (χ2v) is 8.46. The predicted octanol–water partition coefficient (Wildman–Crippen LogP) is 2.82. The highest BCUT2D eigenvalue weighted by Crippen LogP contribution is 2.21. The summed E-state index contributed by atoms with van der Waals surface area (Å²) in [7, 11) is -4.16. The third-order valence-corrected chi connectivity index (χ3v) is 6.44. The SMILES string of the molecule is Cc1cccc(/C=C/C(=O)N2CCN(S(=O)(=O)c3cc(F)ccc3F)CC2)c1. The zero-order chi connectivity index (χ0) is 20.3. The second-order valence-electron chi connectivity index (χ2n) is 6.55. The Hall–Kier alpha value is -2.58. The molecule has 1 heterocycles. The van der Waals surface area contributed by atoms with Crippen molar-refractivity contribution in [3.05, 3.63) is 71.3 Å². The van der Waals surface area contributed by atoms with E-state index >= 15 is 0 Å². The summed E-state index contributed by atoms with van der Waals surface area (Å²) in [5.41, 5.74) is 1.98. The molecule has 2 aromatic carbocycles. The maximum atomic E-state index is 13.9. The van der Waals surface area contributed by atoms with E-state index in [-0.39, 0.29) is 32.1 Å². The largest absolute Gasteiger partial charge is 0.337 e. The third kappa shape index (κ3) is 4.45. The lowest BCUT2D eigenvalue weighted by molar-refractivity contribution is -0.127. The molecule has 0 N–H and O–H groups in total. The molecule has 0 radical (unpaired) electrons. The lowest BCUT2D eigenvalue weighted by atomic mass is 10.1. The second kappa shape index (κ2) is 8.20. The average molecular weight is 406 g/mol. The molecule has 1 aliphatic heterocycles. The molecule has 0 spiro atoms. The van der Waals surface area contributed by atoms with Crippen molar-refractivity contribution in [2.45, 2.75) is 11.8 Å². The Labute approximate surface area is 162 Å². The van der Waals surface area contributed by atoms with E-state index in [2.05, 4.69) is 0 Å². The Bertz CT molecular complexity index is 1010. The summed E-state index contributed by atoms with van der Waals surface area (Å²) in [5.74, 6) is -2.05. The maximum Gasteiger partial charge on any atom is 0.246 e. The summed E-state index contributed by atoms with van der Waals surface area (Å²) in [6.07, 6.45) is 3.16. The Morgan fingerprint density at radius 1 is 1.04 bits per heavy atom. The number of carbonyl (C=O) groups excluding carboxylic acids is 1. The number of aryl methyl sites for hydroxylation is 1. The molecule has 0 aliphatic carbocycles. The molecule has 2 aromatic rings. The van der Waals surface area contributed by atoms with E-state index in [1.165, 1.54) is 11.0 Å². The first-order chi connectivity index (χ1) is 13.3. The van der Waals surface area contributed by atoms with Gasteiger partial charge in [-0.1, -0.05) is 29.8 Å². The highest BCUT2D eigenvalue weighted by atomic mass is 32.2. The van der Waals surface area contributed by atoms with Crippen molar-refractivity contribution >= 4 is 22.0 Å². The van der Waals surface area contributed by atoms with Crippen LogP contribution in [0.15, 0.2) is 53.4 Å². The van der Waals surface area contributed by atoms with Crippen LogP contribution in [0.2, 0.25) is 0 Å². The lowest BCUT2D eigenvalue weighted by Crippen LogP contribution is -2.50. The van der Waals surface area contributed by atoms with Crippen LogP contribution in [0.1, 0.15) is 11.1 Å². The molecule has 148 valence electrons. The molecule has 28 heavy (non-hydrogen) atoms. The summed E-state index contributed by atoms with van der Waals surface area (Å²) in [5, 5.41) is 0. The maximum absolute atomic E-state index is 13.9. The van der Waals surface area contributed by atoms with Gasteiger partial charge in [-0.15, -0.1) is 0 Å². The zero-order valence-electron chi connectivity index (χ0n) is 15.3. The van der Waals surface area contributed by atoms with Crippen molar-refractivity contribution in [1.29, 1.82) is 0 Å². The van der Waals surface area contributed by atoms with Gasteiger partial charge in [0.15, 0.2) is 0 Å². The van der Waals surface area contributed by atoms with Crippen LogP contribution in [0.5, 0.6) is 0 Å². The molecule has 1 amide bonds. The van der Waals surface area contributed by atoms with Crippen LogP contribution in [0.4, 0.5) is 8.78 Å². The van der Waals surface area contributed by atoms with Gasteiger partial charge in [0, 0.05) is 32.3 Å². The number of rotatable bonds is 4. The van der Waals surface area contributed by atoms with Crippen LogP contribution in [-0.2, 0) is 14.8 Å². The Morgan fingerprint density at radius 3 is 2.43 bits per heavy atom. The topological polar surface area (TPSA) is 57.7 Å². The molecule has 0 unspecified atom stereocenters. The highest BCUT2D eigenvalue weighted by molar-refractivity contribution is 7.89. The summed E-state index contributed by atoms with van der Waals surface area (Å²) in [6.45, 7) is 2.34. The van der Waals surface area contributed by atoms with Gasteiger partial charge in [0.05, 0.1) is 0 Å². The summed E-state index contributed by atoms with van der Waals surface area (Å²) >= 11 is 0. The number of hydrogen-bond acceptors (Lipinski definition) is 3. The van der Waals surface area contributed by atoms with Gasteiger partial charge in [0.2, 0.25) is 15.9 Å². The molecule has 8 heteroatoms. The molecular weight excluding hydrogens is 386 g/mol. The third-order valence-electron chi connectivity index (χ3n) is 4.52. The van der Waals surface area contributed by atoms with E-state index in [1.807, 2.05) is 31.2 Å². The van der Waals surface area contributed by atoms with Crippen LogP contribution in [0.3, 0.4) is 0 Å². The summed E-state index contributed by atoms with van der Waals surface area (Å²) in [6, 6.07) is 10.0. The van der Waals surface area contributed by atoms with Gasteiger partial charge in [0.25, 0.3) is 0 Å². The van der Waals surface area contributed by atoms with Crippen LogP contribution in [0.25, 0.3) is 6.08 Å². The van der Waals surface area contributed by atoms with Gasteiger partial charge in [-0.3, -0.25) is 4.79 Å². The smallest absolute Gasteiger partial charge is 0.246 e. The van der Waals surface area contributed by atoms with Crippen LogP contribution in [-0.4, -0.2) is 49.7 Å². The number of amides is 1. The molecule has 1 saturated heterocycles. The fourth-order valence-electron chi connectivity index (χ4n) is 3.01. The molecule has 1 aliphatic rings. The molecule has 1 fully saturated rings. The molecule has 0 aromatic heterocycles. The molecule has 3 rings (SSSR count). The standard InChI is InChI=1S/C20H20F2N2O3S/c1-15-3-2-4-16(13-15)5-8-20(25)23-9-11-24(12-10-23)28(26,27)19-14-17(21)6-7-18(19)22/h2-8,13-14H,9-12H2,1H3/b8-5+. The summed E-state index contributed by atoms with van der Waals surface area (Å²) < 4.78 is 53.5. The quantitative estimate of drug-likeness (QED) is 0.734. The number of sulfonamides is 1.